The van der Waals surface area contributed by atoms with Crippen molar-refractivity contribution in [3.8, 4) is 0 Å². The first-order valence-corrected chi connectivity index (χ1v) is 7.34. The van der Waals surface area contributed by atoms with Gasteiger partial charge in [0.1, 0.15) is 0 Å². The summed E-state index contributed by atoms with van der Waals surface area (Å²) < 4.78 is 0. The van der Waals surface area contributed by atoms with Gasteiger partial charge < -0.3 is 10.2 Å². The van der Waals surface area contributed by atoms with Crippen molar-refractivity contribution in [2.75, 3.05) is 38.0 Å². The van der Waals surface area contributed by atoms with Gasteiger partial charge in [-0.05, 0) is 19.1 Å². The van der Waals surface area contributed by atoms with Gasteiger partial charge in [-0.1, -0.05) is 12.1 Å². The number of hydrogen-bond acceptors (Lipinski definition) is 4. The highest BCUT2D eigenvalue weighted by molar-refractivity contribution is 5.97. The maximum absolute atomic E-state index is 12.1. The molecule has 6 heteroatoms. The van der Waals surface area contributed by atoms with Gasteiger partial charge in [0.05, 0.1) is 6.54 Å². The molecule has 118 valence electrons. The highest BCUT2D eigenvalue weighted by Gasteiger charge is 2.20. The number of rotatable bonds is 4. The van der Waals surface area contributed by atoms with Gasteiger partial charge in [0.2, 0.25) is 11.8 Å². The number of amides is 2. The smallest absolute Gasteiger partial charge is 0.238 e. The number of piperazine rings is 1. The molecule has 0 saturated carbocycles. The molecule has 1 fully saturated rings. The van der Waals surface area contributed by atoms with Crippen molar-refractivity contribution in [3.63, 3.8) is 0 Å². The van der Waals surface area contributed by atoms with Gasteiger partial charge in [-0.2, -0.15) is 0 Å². The molecule has 1 aliphatic rings. The van der Waals surface area contributed by atoms with Crippen LogP contribution < -0.4 is 5.32 Å². The molecule has 1 saturated heterocycles. The van der Waals surface area contributed by atoms with E-state index in [4.69, 9.17) is 0 Å². The Morgan fingerprint density at radius 3 is 2.36 bits per heavy atom. The van der Waals surface area contributed by atoms with Crippen LogP contribution >= 0.6 is 0 Å². The van der Waals surface area contributed by atoms with E-state index in [0.29, 0.717) is 37.4 Å². The van der Waals surface area contributed by atoms with Crippen LogP contribution in [0.1, 0.15) is 24.2 Å². The van der Waals surface area contributed by atoms with E-state index in [1.807, 2.05) is 4.90 Å². The number of carbonyl (C=O) groups excluding carboxylic acids is 3. The standard InChI is InChI=1S/C16H21N3O3/c1-12(20)14-4-3-5-15(10-14)17-16(22)11-18-6-8-19(9-7-18)13(2)21/h3-5,10H,6-9,11H2,1-2H3,(H,17,22). The second-order valence-corrected chi connectivity index (χ2v) is 5.47. The molecule has 6 nitrogen and oxygen atoms in total. The van der Waals surface area contributed by atoms with Gasteiger partial charge in [0, 0.05) is 44.4 Å². The van der Waals surface area contributed by atoms with Crippen LogP contribution in [0, 0.1) is 0 Å². The zero-order valence-electron chi connectivity index (χ0n) is 13.0. The van der Waals surface area contributed by atoms with E-state index in [9.17, 15) is 14.4 Å². The van der Waals surface area contributed by atoms with Crippen molar-refractivity contribution in [3.05, 3.63) is 29.8 Å². The summed E-state index contributed by atoms with van der Waals surface area (Å²) in [5.74, 6) is -0.0708. The van der Waals surface area contributed by atoms with Gasteiger partial charge in [-0.25, -0.2) is 0 Å². The molecule has 1 N–H and O–H groups in total. The summed E-state index contributed by atoms with van der Waals surface area (Å²) in [7, 11) is 0. The van der Waals surface area contributed by atoms with Gasteiger partial charge in [0.25, 0.3) is 0 Å². The Labute approximate surface area is 130 Å². The summed E-state index contributed by atoms with van der Waals surface area (Å²) >= 11 is 0. The highest BCUT2D eigenvalue weighted by atomic mass is 16.2. The predicted octanol–water partition coefficient (Wildman–Crippen LogP) is 0.992. The number of ketones is 1. The number of carbonyl (C=O) groups is 3. The number of hydrogen-bond donors (Lipinski definition) is 1. The zero-order valence-corrected chi connectivity index (χ0v) is 13.0. The van der Waals surface area contributed by atoms with Crippen LogP contribution in [-0.2, 0) is 9.59 Å². The van der Waals surface area contributed by atoms with Crippen LogP contribution in [0.3, 0.4) is 0 Å². The minimum absolute atomic E-state index is 0.0311. The lowest BCUT2D eigenvalue weighted by Crippen LogP contribution is -2.49. The van der Waals surface area contributed by atoms with Crippen LogP contribution in [0.4, 0.5) is 5.69 Å². The minimum atomic E-state index is -0.114. The molecule has 0 radical (unpaired) electrons. The van der Waals surface area contributed by atoms with Crippen LogP contribution in [0.5, 0.6) is 0 Å². The van der Waals surface area contributed by atoms with Gasteiger partial charge in [-0.3, -0.25) is 19.3 Å². The summed E-state index contributed by atoms with van der Waals surface area (Å²) in [6.07, 6.45) is 0. The molecule has 0 atom stereocenters. The van der Waals surface area contributed by atoms with Crippen molar-refractivity contribution in [2.24, 2.45) is 0 Å². The lowest BCUT2D eigenvalue weighted by atomic mass is 10.1. The summed E-state index contributed by atoms with van der Waals surface area (Å²) in [6.45, 7) is 6.04. The molecule has 0 aromatic heterocycles. The highest BCUT2D eigenvalue weighted by Crippen LogP contribution is 2.11. The predicted molar refractivity (Wildman–Crippen MR) is 83.8 cm³/mol. The van der Waals surface area contributed by atoms with E-state index in [-0.39, 0.29) is 24.1 Å². The van der Waals surface area contributed by atoms with E-state index in [2.05, 4.69) is 5.32 Å². The summed E-state index contributed by atoms with van der Waals surface area (Å²) in [6, 6.07) is 6.91. The maximum atomic E-state index is 12.1. The molecule has 1 aromatic carbocycles. The lowest BCUT2D eigenvalue weighted by Gasteiger charge is -2.33. The Balaban J connectivity index is 1.85. The third-order valence-electron chi connectivity index (χ3n) is 3.74. The zero-order chi connectivity index (χ0) is 16.1. The third-order valence-corrected chi connectivity index (χ3v) is 3.74. The fourth-order valence-electron chi connectivity index (χ4n) is 2.44. The molecule has 22 heavy (non-hydrogen) atoms. The molecular weight excluding hydrogens is 282 g/mol. The van der Waals surface area contributed by atoms with Gasteiger partial charge in [0.15, 0.2) is 5.78 Å². The summed E-state index contributed by atoms with van der Waals surface area (Å²) in [5, 5.41) is 2.81. The Hall–Kier alpha value is -2.21. The molecule has 0 spiro atoms. The quantitative estimate of drug-likeness (QED) is 0.842. The fourth-order valence-corrected chi connectivity index (χ4v) is 2.44. The number of benzene rings is 1. The molecule has 1 aromatic rings. The molecule has 1 aliphatic heterocycles. The number of nitrogens with one attached hydrogen (secondary N) is 1. The molecule has 2 amide bonds. The molecule has 0 bridgehead atoms. The van der Waals surface area contributed by atoms with Crippen molar-refractivity contribution < 1.29 is 14.4 Å². The monoisotopic (exact) mass is 303 g/mol. The van der Waals surface area contributed by atoms with Crippen LogP contribution in [0.15, 0.2) is 24.3 Å². The average Bonchev–Trinajstić information content (AvgIpc) is 2.47. The van der Waals surface area contributed by atoms with Crippen LogP contribution in [0.2, 0.25) is 0 Å². The molecule has 0 aliphatic carbocycles. The second kappa shape index (κ2) is 7.17. The van der Waals surface area contributed by atoms with Crippen molar-refractivity contribution >= 4 is 23.3 Å². The first-order chi connectivity index (χ1) is 10.5. The van der Waals surface area contributed by atoms with Gasteiger partial charge in [-0.15, -0.1) is 0 Å². The SMILES string of the molecule is CC(=O)c1cccc(NC(=O)CN2CCN(C(C)=O)CC2)c1. The number of anilines is 1. The van der Waals surface area contributed by atoms with E-state index in [0.717, 1.165) is 0 Å². The largest absolute Gasteiger partial charge is 0.340 e. The summed E-state index contributed by atoms with van der Waals surface area (Å²) in [4.78, 5) is 38.4. The lowest BCUT2D eigenvalue weighted by molar-refractivity contribution is -0.130. The Morgan fingerprint density at radius 2 is 1.77 bits per heavy atom. The topological polar surface area (TPSA) is 69.7 Å². The van der Waals surface area contributed by atoms with E-state index in [1.165, 1.54) is 6.92 Å². The fraction of sp³-hybridized carbons (Fsp3) is 0.438. The minimum Gasteiger partial charge on any atom is -0.340 e. The van der Waals surface area contributed by atoms with E-state index >= 15 is 0 Å². The normalized spacial score (nSPS) is 15.5. The second-order valence-electron chi connectivity index (χ2n) is 5.47. The van der Waals surface area contributed by atoms with Crippen molar-refractivity contribution in [1.29, 1.82) is 0 Å². The maximum Gasteiger partial charge on any atom is 0.238 e. The van der Waals surface area contributed by atoms with Crippen LogP contribution in [0.25, 0.3) is 0 Å². The molecule has 1 heterocycles. The van der Waals surface area contributed by atoms with E-state index in [1.54, 1.807) is 36.1 Å². The van der Waals surface area contributed by atoms with Crippen LogP contribution in [-0.4, -0.2) is 60.1 Å². The van der Waals surface area contributed by atoms with Crippen molar-refractivity contribution in [1.82, 2.24) is 9.80 Å². The van der Waals surface area contributed by atoms with Gasteiger partial charge >= 0.3 is 0 Å². The third kappa shape index (κ3) is 4.39. The van der Waals surface area contributed by atoms with Crippen molar-refractivity contribution in [2.45, 2.75) is 13.8 Å². The Bertz CT molecular complexity index is 578. The van der Waals surface area contributed by atoms with E-state index < -0.39 is 0 Å². The first-order valence-electron chi connectivity index (χ1n) is 7.34. The Morgan fingerprint density at radius 1 is 1.09 bits per heavy atom. The molecule has 0 unspecified atom stereocenters. The molecular formula is C16H21N3O3. The number of Topliss-reactive ketones (excluding diaryl/α,β-unsaturated/α-hetero) is 1. The number of nitrogens with zero attached hydrogens (tertiary/aromatic N) is 2. The summed E-state index contributed by atoms with van der Waals surface area (Å²) in [5.41, 5.74) is 1.20. The average molecular weight is 303 g/mol. The first kappa shape index (κ1) is 16.2. The Kier molecular flexibility index (Phi) is 5.27. The molecule has 2 rings (SSSR count).